The summed E-state index contributed by atoms with van der Waals surface area (Å²) in [5, 5.41) is 0. The predicted molar refractivity (Wildman–Crippen MR) is 97.3 cm³/mol. The lowest BCUT2D eigenvalue weighted by molar-refractivity contribution is 0.203. The highest BCUT2D eigenvalue weighted by atomic mass is 15.2. The van der Waals surface area contributed by atoms with Crippen molar-refractivity contribution in [3.63, 3.8) is 0 Å². The number of rotatable bonds is 3. The zero-order chi connectivity index (χ0) is 15.8. The summed E-state index contributed by atoms with van der Waals surface area (Å²) >= 11 is 0. The fourth-order valence-electron chi connectivity index (χ4n) is 4.33. The molecule has 118 valence electrons. The first kappa shape index (κ1) is 14.7. The largest absolute Gasteiger partial charge is 0.289 e. The lowest BCUT2D eigenvalue weighted by Crippen LogP contribution is -2.37. The molecule has 1 saturated heterocycles. The maximum absolute atomic E-state index is 2.71. The van der Waals surface area contributed by atoms with Gasteiger partial charge in [0, 0.05) is 18.6 Å². The summed E-state index contributed by atoms with van der Waals surface area (Å²) in [4.78, 5) is 2.71. The maximum Gasteiger partial charge on any atom is 0.0291 e. The lowest BCUT2D eigenvalue weighted by Gasteiger charge is -2.34. The Balaban J connectivity index is 1.59. The molecule has 2 aromatic rings. The van der Waals surface area contributed by atoms with Gasteiger partial charge in [-0.3, -0.25) is 4.90 Å². The molecule has 2 heterocycles. The number of fused-ring (bicyclic) bond motifs is 2. The minimum Gasteiger partial charge on any atom is -0.289 e. The highest BCUT2D eigenvalue weighted by Gasteiger charge is 2.36. The molecule has 1 fully saturated rings. The molecule has 0 amide bonds. The molecule has 0 N–H and O–H groups in total. The van der Waals surface area contributed by atoms with E-state index >= 15 is 0 Å². The van der Waals surface area contributed by atoms with Gasteiger partial charge in [0.2, 0.25) is 0 Å². The Morgan fingerprint density at radius 2 is 1.83 bits per heavy atom. The summed E-state index contributed by atoms with van der Waals surface area (Å²) in [5.41, 5.74) is 7.25. The molecule has 2 unspecified atom stereocenters. The van der Waals surface area contributed by atoms with Crippen molar-refractivity contribution < 1.29 is 0 Å². The Bertz CT molecular complexity index is 729. The van der Waals surface area contributed by atoms with Gasteiger partial charge in [-0.15, -0.1) is 0 Å². The van der Waals surface area contributed by atoms with Gasteiger partial charge in [-0.05, 0) is 55.4 Å². The van der Waals surface area contributed by atoms with Gasteiger partial charge in [-0.2, -0.15) is 0 Å². The SMILES string of the molecule is Cc1ccc(C2=CC3CCC(C2)N3Cc2ccccc2)c(C)c1. The average Bonchev–Trinajstić information content (AvgIpc) is 2.78. The summed E-state index contributed by atoms with van der Waals surface area (Å²) in [6, 6.07) is 19.1. The normalized spacial score (nSPS) is 23.8. The first-order chi connectivity index (χ1) is 11.2. The van der Waals surface area contributed by atoms with Gasteiger partial charge in [0.15, 0.2) is 0 Å². The molecular formula is C22H25N. The summed E-state index contributed by atoms with van der Waals surface area (Å²) < 4.78 is 0. The smallest absolute Gasteiger partial charge is 0.0291 e. The van der Waals surface area contributed by atoms with E-state index in [1.54, 1.807) is 5.57 Å². The van der Waals surface area contributed by atoms with Crippen molar-refractivity contribution in [2.24, 2.45) is 0 Å². The van der Waals surface area contributed by atoms with Crippen molar-refractivity contribution >= 4 is 5.57 Å². The zero-order valence-corrected chi connectivity index (χ0v) is 14.1. The Hall–Kier alpha value is -1.86. The van der Waals surface area contributed by atoms with E-state index in [-0.39, 0.29) is 0 Å². The Labute approximate surface area is 139 Å². The fraction of sp³-hybridized carbons (Fsp3) is 0.364. The van der Waals surface area contributed by atoms with Crippen LogP contribution in [0.2, 0.25) is 0 Å². The van der Waals surface area contributed by atoms with Gasteiger partial charge in [0.1, 0.15) is 0 Å². The van der Waals surface area contributed by atoms with Crippen LogP contribution in [0.3, 0.4) is 0 Å². The quantitative estimate of drug-likeness (QED) is 0.760. The lowest BCUT2D eigenvalue weighted by atomic mass is 9.91. The van der Waals surface area contributed by atoms with Crippen molar-refractivity contribution in [2.75, 3.05) is 0 Å². The zero-order valence-electron chi connectivity index (χ0n) is 14.1. The third-order valence-electron chi connectivity index (χ3n) is 5.48. The van der Waals surface area contributed by atoms with Crippen LogP contribution in [0.15, 0.2) is 54.6 Å². The van der Waals surface area contributed by atoms with Crippen LogP contribution in [0, 0.1) is 13.8 Å². The van der Waals surface area contributed by atoms with Gasteiger partial charge in [-0.25, -0.2) is 0 Å². The predicted octanol–water partition coefficient (Wildman–Crippen LogP) is 5.12. The minimum absolute atomic E-state index is 0.615. The highest BCUT2D eigenvalue weighted by Crippen LogP contribution is 2.40. The first-order valence-corrected chi connectivity index (χ1v) is 8.79. The van der Waals surface area contributed by atoms with Crippen LogP contribution in [-0.4, -0.2) is 17.0 Å². The fourth-order valence-corrected chi connectivity index (χ4v) is 4.33. The Morgan fingerprint density at radius 3 is 2.57 bits per heavy atom. The van der Waals surface area contributed by atoms with Gasteiger partial charge in [0.25, 0.3) is 0 Å². The van der Waals surface area contributed by atoms with Gasteiger partial charge < -0.3 is 0 Å². The standard InChI is InChI=1S/C22H25N/c1-16-8-11-22(17(2)12-16)19-13-20-9-10-21(14-19)23(20)15-18-6-4-3-5-7-18/h3-8,11-13,20-21H,9-10,14-15H2,1-2H3. The van der Waals surface area contributed by atoms with Gasteiger partial charge in [-0.1, -0.05) is 60.2 Å². The molecular weight excluding hydrogens is 278 g/mol. The van der Waals surface area contributed by atoms with Gasteiger partial charge in [0.05, 0.1) is 0 Å². The third-order valence-corrected chi connectivity index (χ3v) is 5.48. The molecule has 2 bridgehead atoms. The third kappa shape index (κ3) is 2.86. The maximum atomic E-state index is 2.71. The second-order valence-electron chi connectivity index (χ2n) is 7.17. The van der Waals surface area contributed by atoms with Crippen LogP contribution in [0.5, 0.6) is 0 Å². The number of hydrogen-bond donors (Lipinski definition) is 0. The second kappa shape index (κ2) is 5.98. The molecule has 0 spiro atoms. The topological polar surface area (TPSA) is 3.24 Å². The molecule has 2 atom stereocenters. The summed E-state index contributed by atoms with van der Waals surface area (Å²) in [6.45, 7) is 5.52. The van der Waals surface area contributed by atoms with E-state index in [1.807, 2.05) is 0 Å². The summed E-state index contributed by atoms with van der Waals surface area (Å²) in [5.74, 6) is 0. The molecule has 0 radical (unpaired) electrons. The van der Waals surface area contributed by atoms with E-state index in [4.69, 9.17) is 0 Å². The molecule has 0 aromatic heterocycles. The second-order valence-corrected chi connectivity index (χ2v) is 7.17. The first-order valence-electron chi connectivity index (χ1n) is 8.79. The van der Waals surface area contributed by atoms with Crippen LogP contribution in [0.4, 0.5) is 0 Å². The van der Waals surface area contributed by atoms with Crippen LogP contribution < -0.4 is 0 Å². The summed E-state index contributed by atoms with van der Waals surface area (Å²) in [7, 11) is 0. The van der Waals surface area contributed by atoms with E-state index < -0.39 is 0 Å². The van der Waals surface area contributed by atoms with E-state index in [2.05, 4.69) is 73.4 Å². The number of aryl methyl sites for hydroxylation is 2. The number of hydrogen-bond acceptors (Lipinski definition) is 1. The van der Waals surface area contributed by atoms with Crippen molar-refractivity contribution in [1.29, 1.82) is 0 Å². The minimum atomic E-state index is 0.615. The highest BCUT2D eigenvalue weighted by molar-refractivity contribution is 5.70. The molecule has 0 saturated carbocycles. The van der Waals surface area contributed by atoms with E-state index in [9.17, 15) is 0 Å². The molecule has 4 rings (SSSR count). The molecule has 1 heteroatoms. The van der Waals surface area contributed by atoms with Crippen LogP contribution >= 0.6 is 0 Å². The molecule has 1 nitrogen and oxygen atoms in total. The molecule has 2 aromatic carbocycles. The van der Waals surface area contributed by atoms with Crippen LogP contribution in [0.25, 0.3) is 5.57 Å². The number of nitrogens with zero attached hydrogens (tertiary/aromatic N) is 1. The van der Waals surface area contributed by atoms with Crippen molar-refractivity contribution in [3.8, 4) is 0 Å². The van der Waals surface area contributed by atoms with E-state index in [1.165, 1.54) is 41.5 Å². The average molecular weight is 303 g/mol. The van der Waals surface area contributed by atoms with Crippen LogP contribution in [0.1, 0.15) is 41.5 Å². The van der Waals surface area contributed by atoms with Crippen molar-refractivity contribution in [2.45, 2.75) is 51.7 Å². The molecule has 0 aliphatic carbocycles. The Morgan fingerprint density at radius 1 is 1.00 bits per heavy atom. The monoisotopic (exact) mass is 303 g/mol. The molecule has 23 heavy (non-hydrogen) atoms. The van der Waals surface area contributed by atoms with Crippen molar-refractivity contribution in [1.82, 2.24) is 4.90 Å². The van der Waals surface area contributed by atoms with E-state index in [0.29, 0.717) is 12.1 Å². The Kier molecular flexibility index (Phi) is 3.82. The number of benzene rings is 2. The van der Waals surface area contributed by atoms with Crippen LogP contribution in [-0.2, 0) is 6.54 Å². The summed E-state index contributed by atoms with van der Waals surface area (Å²) in [6.07, 6.45) is 6.39. The van der Waals surface area contributed by atoms with Gasteiger partial charge >= 0.3 is 0 Å². The molecule has 2 aliphatic rings. The molecule has 2 aliphatic heterocycles. The van der Waals surface area contributed by atoms with E-state index in [0.717, 1.165) is 6.54 Å². The van der Waals surface area contributed by atoms with Crippen molar-refractivity contribution in [3.05, 3.63) is 76.9 Å².